The molecular formula is C30H35NO3. The maximum absolute atomic E-state index is 12.6. The highest BCUT2D eigenvalue weighted by molar-refractivity contribution is 5.99. The van der Waals surface area contributed by atoms with Crippen LogP contribution in [0.3, 0.4) is 0 Å². The molecule has 4 nitrogen and oxygen atoms in total. The molecule has 1 aromatic heterocycles. The average Bonchev–Trinajstić information content (AvgIpc) is 2.98. The van der Waals surface area contributed by atoms with Gasteiger partial charge in [-0.25, -0.2) is 4.79 Å². The Morgan fingerprint density at radius 2 is 1.74 bits per heavy atom. The number of esters is 1. The zero-order valence-corrected chi connectivity index (χ0v) is 21.2. The Hall–Kier alpha value is -3.66. The molecule has 0 N–H and O–H groups in total. The molecule has 0 bridgehead atoms. The molecule has 34 heavy (non-hydrogen) atoms. The molecule has 0 aliphatic carbocycles. The van der Waals surface area contributed by atoms with E-state index in [0.717, 1.165) is 27.7 Å². The van der Waals surface area contributed by atoms with E-state index < -0.39 is 11.6 Å². The minimum Gasteiger partial charge on any atom is -0.456 e. The molecular weight excluding hydrogens is 422 g/mol. The monoisotopic (exact) mass is 457 g/mol. The van der Waals surface area contributed by atoms with Gasteiger partial charge in [0.25, 0.3) is 0 Å². The van der Waals surface area contributed by atoms with E-state index in [-0.39, 0.29) is 5.78 Å². The molecule has 0 unspecified atom stereocenters. The summed E-state index contributed by atoms with van der Waals surface area (Å²) in [7, 11) is 0. The molecule has 0 atom stereocenters. The van der Waals surface area contributed by atoms with Gasteiger partial charge >= 0.3 is 5.97 Å². The van der Waals surface area contributed by atoms with Gasteiger partial charge in [-0.1, -0.05) is 44.5 Å². The third-order valence-electron chi connectivity index (χ3n) is 5.54. The zero-order chi connectivity index (χ0) is 25.8. The number of allylic oxidation sites excluding steroid dienone is 6. The lowest BCUT2D eigenvalue weighted by Gasteiger charge is -2.21. The maximum Gasteiger partial charge on any atom is 0.339 e. The first-order valence-corrected chi connectivity index (χ1v) is 11.2. The van der Waals surface area contributed by atoms with Crippen LogP contribution in [-0.4, -0.2) is 21.9 Å². The van der Waals surface area contributed by atoms with Gasteiger partial charge < -0.3 is 9.30 Å². The summed E-state index contributed by atoms with van der Waals surface area (Å²) in [5.74, 6) is -0.422. The fraction of sp³-hybridized carbons (Fsp3) is 0.267. The Morgan fingerprint density at radius 3 is 2.29 bits per heavy atom. The second kappa shape index (κ2) is 10.5. The lowest BCUT2D eigenvalue weighted by molar-refractivity contribution is -0.149. The smallest absolute Gasteiger partial charge is 0.339 e. The lowest BCUT2D eigenvalue weighted by atomic mass is 9.99. The number of nitrogens with zero attached hydrogens (tertiary/aromatic N) is 1. The highest BCUT2D eigenvalue weighted by Gasteiger charge is 2.22. The lowest BCUT2D eigenvalue weighted by Crippen LogP contribution is -2.25. The quantitative estimate of drug-likeness (QED) is 0.174. The molecule has 1 heterocycles. The molecule has 0 fully saturated rings. The van der Waals surface area contributed by atoms with Crippen LogP contribution in [0.5, 0.6) is 0 Å². The van der Waals surface area contributed by atoms with Crippen molar-refractivity contribution in [1.29, 1.82) is 0 Å². The highest BCUT2D eigenvalue weighted by Crippen LogP contribution is 2.28. The van der Waals surface area contributed by atoms with Crippen molar-refractivity contribution in [1.82, 2.24) is 4.57 Å². The standard InChI is InChI=1S/C30H35NO3/c1-11-12-26(29(33)34-30(8,9)10)21(4)20(3)14-13-19(2)18-31-23(6)22(5)27-17-25(24(7)32)15-16-28(27)31/h11-17H,1-4,18H2,5-10H3/b14-13-,26-12+. The summed E-state index contributed by atoms with van der Waals surface area (Å²) in [5.41, 5.74) is 5.62. The van der Waals surface area contributed by atoms with Crippen LogP contribution in [0.1, 0.15) is 49.3 Å². The largest absolute Gasteiger partial charge is 0.456 e. The van der Waals surface area contributed by atoms with Crippen LogP contribution in [0.4, 0.5) is 0 Å². The van der Waals surface area contributed by atoms with Gasteiger partial charge in [0, 0.05) is 28.7 Å². The first-order chi connectivity index (χ1) is 15.8. The summed E-state index contributed by atoms with van der Waals surface area (Å²) in [5, 5.41) is 1.07. The third kappa shape index (κ3) is 6.22. The summed E-state index contributed by atoms with van der Waals surface area (Å²) < 4.78 is 7.67. The van der Waals surface area contributed by atoms with Crippen molar-refractivity contribution in [3.05, 3.63) is 108 Å². The predicted molar refractivity (Wildman–Crippen MR) is 142 cm³/mol. The number of aromatic nitrogens is 1. The van der Waals surface area contributed by atoms with Crippen LogP contribution >= 0.6 is 0 Å². The number of aryl methyl sites for hydroxylation is 1. The van der Waals surface area contributed by atoms with E-state index in [4.69, 9.17) is 4.74 Å². The van der Waals surface area contributed by atoms with Gasteiger partial charge in [0.15, 0.2) is 5.78 Å². The number of ketones is 1. The van der Waals surface area contributed by atoms with Crippen LogP contribution in [0.2, 0.25) is 0 Å². The summed E-state index contributed by atoms with van der Waals surface area (Å²) >= 11 is 0. The Morgan fingerprint density at radius 1 is 1.09 bits per heavy atom. The maximum atomic E-state index is 12.6. The van der Waals surface area contributed by atoms with Crippen LogP contribution in [0.15, 0.2) is 91.1 Å². The van der Waals surface area contributed by atoms with E-state index in [1.807, 2.05) is 45.0 Å². The van der Waals surface area contributed by atoms with Gasteiger partial charge in [-0.2, -0.15) is 0 Å². The van der Waals surface area contributed by atoms with Crippen molar-refractivity contribution in [3.63, 3.8) is 0 Å². The Bertz CT molecular complexity index is 1260. The van der Waals surface area contributed by atoms with E-state index in [1.165, 1.54) is 6.08 Å². The molecule has 0 amide bonds. The van der Waals surface area contributed by atoms with E-state index in [9.17, 15) is 9.59 Å². The van der Waals surface area contributed by atoms with Gasteiger partial charge in [-0.3, -0.25) is 4.79 Å². The second-order valence-electron chi connectivity index (χ2n) is 9.40. The first-order valence-electron chi connectivity index (χ1n) is 11.2. The number of benzene rings is 1. The molecule has 4 heteroatoms. The molecule has 178 valence electrons. The van der Waals surface area contributed by atoms with Gasteiger partial charge in [0.2, 0.25) is 0 Å². The number of Topliss-reactive ketones (excluding diaryl/α,β-unsaturated/α-hetero) is 1. The average molecular weight is 458 g/mol. The highest BCUT2D eigenvalue weighted by atomic mass is 16.6. The minimum atomic E-state index is -0.621. The molecule has 0 saturated heterocycles. The minimum absolute atomic E-state index is 0.0500. The SMILES string of the molecule is C=C/C=C(\C(=C)C(=C)/C=C\C(=C)Cn1c(C)c(C)c2cc(C(C)=O)ccc21)C(=O)OC(C)(C)C. The van der Waals surface area contributed by atoms with Crippen molar-refractivity contribution < 1.29 is 14.3 Å². The molecule has 0 aliphatic rings. The molecule has 2 aromatic rings. The predicted octanol–water partition coefficient (Wildman–Crippen LogP) is 7.14. The van der Waals surface area contributed by atoms with E-state index in [0.29, 0.717) is 28.8 Å². The molecule has 0 radical (unpaired) electrons. The van der Waals surface area contributed by atoms with Crippen molar-refractivity contribution in [2.24, 2.45) is 0 Å². The number of rotatable bonds is 9. The van der Waals surface area contributed by atoms with Crippen molar-refractivity contribution in [2.45, 2.75) is 53.7 Å². The number of carbonyl (C=O) groups excluding carboxylic acids is 2. The summed E-state index contributed by atoms with van der Waals surface area (Å²) in [6, 6.07) is 5.79. The van der Waals surface area contributed by atoms with Crippen LogP contribution in [-0.2, 0) is 16.1 Å². The van der Waals surface area contributed by atoms with E-state index in [1.54, 1.807) is 19.1 Å². The van der Waals surface area contributed by atoms with E-state index >= 15 is 0 Å². The molecule has 0 saturated carbocycles. The number of hydrogen-bond acceptors (Lipinski definition) is 3. The molecule has 1 aromatic carbocycles. The second-order valence-corrected chi connectivity index (χ2v) is 9.40. The number of ether oxygens (including phenoxy) is 1. The molecule has 0 aliphatic heterocycles. The number of hydrogen-bond donors (Lipinski definition) is 0. The summed E-state index contributed by atoms with van der Waals surface area (Å²) in [6.07, 6.45) is 6.78. The summed E-state index contributed by atoms with van der Waals surface area (Å²) in [4.78, 5) is 24.4. The van der Waals surface area contributed by atoms with Crippen LogP contribution in [0.25, 0.3) is 10.9 Å². The van der Waals surface area contributed by atoms with Gasteiger partial charge in [-0.05, 0) is 88.1 Å². The van der Waals surface area contributed by atoms with E-state index in [2.05, 4.69) is 44.7 Å². The number of fused-ring (bicyclic) bond motifs is 1. The Balaban J connectivity index is 2.23. The van der Waals surface area contributed by atoms with Crippen molar-refractivity contribution in [2.75, 3.05) is 0 Å². The fourth-order valence-electron chi connectivity index (χ4n) is 3.56. The topological polar surface area (TPSA) is 48.3 Å². The van der Waals surface area contributed by atoms with Crippen LogP contribution < -0.4 is 0 Å². The first kappa shape index (κ1) is 26.6. The third-order valence-corrected chi connectivity index (χ3v) is 5.54. The van der Waals surface area contributed by atoms with Crippen LogP contribution in [0, 0.1) is 13.8 Å². The summed E-state index contributed by atoms with van der Waals surface area (Å²) in [6.45, 7) is 27.7. The van der Waals surface area contributed by atoms with Crippen molar-refractivity contribution >= 4 is 22.7 Å². The van der Waals surface area contributed by atoms with Gasteiger partial charge in [0.05, 0.1) is 5.57 Å². The normalized spacial score (nSPS) is 12.1. The number of carbonyl (C=O) groups is 2. The molecule has 0 spiro atoms. The zero-order valence-electron chi connectivity index (χ0n) is 21.2. The Kier molecular flexibility index (Phi) is 8.22. The fourth-order valence-corrected chi connectivity index (χ4v) is 3.56. The van der Waals surface area contributed by atoms with Gasteiger partial charge in [0.1, 0.15) is 5.60 Å². The Labute approximate surface area is 203 Å². The van der Waals surface area contributed by atoms with Crippen molar-refractivity contribution in [3.8, 4) is 0 Å². The molecule has 2 rings (SSSR count). The van der Waals surface area contributed by atoms with Gasteiger partial charge in [-0.15, -0.1) is 0 Å².